The van der Waals surface area contributed by atoms with E-state index in [1.165, 1.54) is 12.2 Å². The van der Waals surface area contributed by atoms with Crippen LogP contribution in [-0.4, -0.2) is 27.0 Å². The highest BCUT2D eigenvalue weighted by Gasteiger charge is 2.20. The first-order chi connectivity index (χ1) is 14.5. The van der Waals surface area contributed by atoms with Gasteiger partial charge in [0.15, 0.2) is 5.78 Å². The highest BCUT2D eigenvalue weighted by Crippen LogP contribution is 2.29. The molecule has 0 fully saturated rings. The van der Waals surface area contributed by atoms with Gasteiger partial charge >= 0.3 is 5.69 Å². The van der Waals surface area contributed by atoms with Crippen LogP contribution in [-0.2, 0) is 4.79 Å². The summed E-state index contributed by atoms with van der Waals surface area (Å²) in [6.07, 6.45) is 4.41. The van der Waals surface area contributed by atoms with Crippen LogP contribution in [0.25, 0.3) is 23.4 Å². The summed E-state index contributed by atoms with van der Waals surface area (Å²) in [5.74, 6) is -0.247. The van der Waals surface area contributed by atoms with E-state index in [-0.39, 0.29) is 16.9 Å². The van der Waals surface area contributed by atoms with Gasteiger partial charge in [0.05, 0.1) is 12.3 Å². The molecule has 0 spiro atoms. The SMILES string of the molecule is CCOc1ccc(-n2c(O)c(/C=C3\C(=O)C=Cc4ccccc43)c(=O)[nH]c2=O)cc1. The van der Waals surface area contributed by atoms with Crippen molar-refractivity contribution in [1.29, 1.82) is 0 Å². The second-order valence-corrected chi connectivity index (χ2v) is 6.60. The van der Waals surface area contributed by atoms with Gasteiger partial charge < -0.3 is 9.84 Å². The molecule has 150 valence electrons. The Balaban J connectivity index is 1.88. The van der Waals surface area contributed by atoms with Gasteiger partial charge in [-0.15, -0.1) is 0 Å². The summed E-state index contributed by atoms with van der Waals surface area (Å²) in [5, 5.41) is 10.8. The number of benzene rings is 2. The summed E-state index contributed by atoms with van der Waals surface area (Å²) in [7, 11) is 0. The highest BCUT2D eigenvalue weighted by atomic mass is 16.5. The lowest BCUT2D eigenvalue weighted by atomic mass is 9.90. The number of hydrogen-bond donors (Lipinski definition) is 2. The first-order valence-corrected chi connectivity index (χ1v) is 9.34. The predicted octanol–water partition coefficient (Wildman–Crippen LogP) is 2.77. The minimum absolute atomic E-state index is 0.183. The highest BCUT2D eigenvalue weighted by molar-refractivity contribution is 6.33. The number of carbonyl (C=O) groups is 1. The maximum Gasteiger partial charge on any atom is 0.335 e. The predicted molar refractivity (Wildman–Crippen MR) is 114 cm³/mol. The fourth-order valence-electron chi connectivity index (χ4n) is 3.34. The maximum absolute atomic E-state index is 12.5. The fourth-order valence-corrected chi connectivity index (χ4v) is 3.34. The number of aromatic amines is 1. The molecule has 7 nitrogen and oxygen atoms in total. The summed E-state index contributed by atoms with van der Waals surface area (Å²) in [5.41, 5.74) is 0.294. The number of fused-ring (bicyclic) bond motifs is 1. The van der Waals surface area contributed by atoms with Crippen LogP contribution in [0.5, 0.6) is 11.6 Å². The summed E-state index contributed by atoms with van der Waals surface area (Å²) < 4.78 is 6.36. The fraction of sp³-hybridized carbons (Fsp3) is 0.0870. The van der Waals surface area contributed by atoms with Gasteiger partial charge in [0, 0.05) is 5.57 Å². The number of nitrogens with zero attached hydrogens (tertiary/aromatic N) is 1. The van der Waals surface area contributed by atoms with Crippen LogP contribution in [0.4, 0.5) is 0 Å². The molecule has 4 rings (SSSR count). The lowest BCUT2D eigenvalue weighted by Gasteiger charge is -2.14. The molecule has 1 heterocycles. The van der Waals surface area contributed by atoms with Crippen LogP contribution in [0.15, 0.2) is 64.2 Å². The Morgan fingerprint density at radius 1 is 1.03 bits per heavy atom. The largest absolute Gasteiger partial charge is 0.494 e. The van der Waals surface area contributed by atoms with Gasteiger partial charge in [0.1, 0.15) is 11.3 Å². The molecule has 0 radical (unpaired) electrons. The van der Waals surface area contributed by atoms with Crippen molar-refractivity contribution in [2.75, 3.05) is 6.61 Å². The molecule has 7 heteroatoms. The summed E-state index contributed by atoms with van der Waals surface area (Å²) in [4.78, 5) is 39.5. The Morgan fingerprint density at radius 2 is 1.77 bits per heavy atom. The van der Waals surface area contributed by atoms with Crippen LogP contribution in [0, 0.1) is 0 Å². The molecular formula is C23H18N2O5. The van der Waals surface area contributed by atoms with Crippen molar-refractivity contribution in [1.82, 2.24) is 9.55 Å². The van der Waals surface area contributed by atoms with E-state index in [2.05, 4.69) is 4.98 Å². The van der Waals surface area contributed by atoms with E-state index in [4.69, 9.17) is 4.74 Å². The molecular weight excluding hydrogens is 384 g/mol. The molecule has 3 aromatic rings. The van der Waals surface area contributed by atoms with Gasteiger partial charge in [-0.05, 0) is 54.5 Å². The Hall–Kier alpha value is -4.13. The molecule has 0 aliphatic heterocycles. The quantitative estimate of drug-likeness (QED) is 0.654. The molecule has 30 heavy (non-hydrogen) atoms. The third-order valence-corrected chi connectivity index (χ3v) is 4.75. The number of allylic oxidation sites excluding steroid dienone is 2. The van der Waals surface area contributed by atoms with E-state index >= 15 is 0 Å². The van der Waals surface area contributed by atoms with E-state index in [1.54, 1.807) is 42.5 Å². The molecule has 0 saturated carbocycles. The van der Waals surface area contributed by atoms with Gasteiger partial charge in [-0.25, -0.2) is 9.36 Å². The van der Waals surface area contributed by atoms with E-state index in [1.807, 2.05) is 19.1 Å². The van der Waals surface area contributed by atoms with Gasteiger partial charge in [-0.2, -0.15) is 0 Å². The standard InChI is InChI=1S/C23H18N2O5/c1-2-30-16-10-8-15(9-11-16)25-22(28)19(21(27)24-23(25)29)13-18-17-6-4-3-5-14(17)7-12-20(18)26/h3-13,28H,2H2,1H3,(H,24,27,29)/b18-13-. The number of aromatic hydroxyl groups is 1. The third kappa shape index (κ3) is 3.37. The maximum atomic E-state index is 12.5. The lowest BCUT2D eigenvalue weighted by molar-refractivity contribution is -0.109. The van der Waals surface area contributed by atoms with E-state index in [9.17, 15) is 19.5 Å². The molecule has 1 aliphatic carbocycles. The molecule has 1 aromatic heterocycles. The molecule has 0 atom stereocenters. The molecule has 0 unspecified atom stereocenters. The van der Waals surface area contributed by atoms with Gasteiger partial charge in [-0.3, -0.25) is 14.6 Å². The number of ketones is 1. The topological polar surface area (TPSA) is 101 Å². The normalized spacial score (nSPS) is 14.0. The van der Waals surface area contributed by atoms with E-state index < -0.39 is 17.1 Å². The Labute approximate surface area is 171 Å². The Kier molecular flexibility index (Phi) is 4.93. The third-order valence-electron chi connectivity index (χ3n) is 4.75. The first kappa shape index (κ1) is 19.2. The average Bonchev–Trinajstić information content (AvgIpc) is 2.73. The zero-order chi connectivity index (χ0) is 21.3. The Bertz CT molecular complexity index is 1310. The summed E-state index contributed by atoms with van der Waals surface area (Å²) >= 11 is 0. The minimum Gasteiger partial charge on any atom is -0.494 e. The van der Waals surface area contributed by atoms with Crippen molar-refractivity contribution in [3.05, 3.63) is 92.1 Å². The molecule has 1 aliphatic rings. The molecule has 0 saturated heterocycles. The van der Waals surface area contributed by atoms with Crippen LogP contribution >= 0.6 is 0 Å². The van der Waals surface area contributed by atoms with Crippen molar-refractivity contribution >= 4 is 23.5 Å². The van der Waals surface area contributed by atoms with Crippen molar-refractivity contribution in [2.45, 2.75) is 6.92 Å². The number of aromatic nitrogens is 2. The summed E-state index contributed by atoms with van der Waals surface area (Å²) in [6, 6.07) is 13.7. The number of rotatable bonds is 4. The van der Waals surface area contributed by atoms with Crippen molar-refractivity contribution in [3.63, 3.8) is 0 Å². The number of carbonyl (C=O) groups excluding carboxylic acids is 1. The Morgan fingerprint density at radius 3 is 2.50 bits per heavy atom. The molecule has 0 bridgehead atoms. The second-order valence-electron chi connectivity index (χ2n) is 6.60. The van der Waals surface area contributed by atoms with Gasteiger partial charge in [0.2, 0.25) is 5.88 Å². The molecule has 0 amide bonds. The average molecular weight is 402 g/mol. The van der Waals surface area contributed by atoms with Gasteiger partial charge in [-0.1, -0.05) is 30.3 Å². The van der Waals surface area contributed by atoms with Crippen LogP contribution < -0.4 is 16.0 Å². The number of hydrogen-bond acceptors (Lipinski definition) is 5. The summed E-state index contributed by atoms with van der Waals surface area (Å²) in [6.45, 7) is 2.34. The smallest absolute Gasteiger partial charge is 0.335 e. The monoisotopic (exact) mass is 402 g/mol. The first-order valence-electron chi connectivity index (χ1n) is 9.34. The number of nitrogens with one attached hydrogen (secondary N) is 1. The second kappa shape index (κ2) is 7.71. The molecule has 2 aromatic carbocycles. The zero-order valence-electron chi connectivity index (χ0n) is 16.1. The van der Waals surface area contributed by atoms with Crippen LogP contribution in [0.1, 0.15) is 23.6 Å². The molecule has 2 N–H and O–H groups in total. The number of H-pyrrole nitrogens is 1. The van der Waals surface area contributed by atoms with Crippen molar-refractivity contribution in [2.24, 2.45) is 0 Å². The lowest BCUT2D eigenvalue weighted by Crippen LogP contribution is -2.30. The van der Waals surface area contributed by atoms with Crippen molar-refractivity contribution < 1.29 is 14.6 Å². The van der Waals surface area contributed by atoms with E-state index in [0.717, 1.165) is 10.1 Å². The van der Waals surface area contributed by atoms with Crippen LogP contribution in [0.3, 0.4) is 0 Å². The van der Waals surface area contributed by atoms with Crippen molar-refractivity contribution in [3.8, 4) is 17.3 Å². The minimum atomic E-state index is -0.793. The van der Waals surface area contributed by atoms with E-state index in [0.29, 0.717) is 23.6 Å². The number of ether oxygens (including phenoxy) is 1. The van der Waals surface area contributed by atoms with Crippen LogP contribution in [0.2, 0.25) is 0 Å². The zero-order valence-corrected chi connectivity index (χ0v) is 16.1. The van der Waals surface area contributed by atoms with Gasteiger partial charge in [0.25, 0.3) is 5.56 Å².